The highest BCUT2D eigenvalue weighted by molar-refractivity contribution is 6.23. The van der Waals surface area contributed by atoms with Crippen molar-refractivity contribution in [1.29, 1.82) is 0 Å². The summed E-state index contributed by atoms with van der Waals surface area (Å²) in [6.45, 7) is 1.01. The number of aliphatic carboxylic acids is 1. The van der Waals surface area contributed by atoms with Gasteiger partial charge in [-0.05, 0) is 37.5 Å². The van der Waals surface area contributed by atoms with Crippen molar-refractivity contribution < 1.29 is 29.1 Å². The second kappa shape index (κ2) is 6.74. The number of carbonyl (C=O) groups is 5. The molecule has 2 saturated heterocycles. The molecule has 4 rings (SSSR count). The van der Waals surface area contributed by atoms with Crippen molar-refractivity contribution in [3.63, 3.8) is 0 Å². The van der Waals surface area contributed by atoms with Gasteiger partial charge in [-0.15, -0.1) is 0 Å². The van der Waals surface area contributed by atoms with E-state index in [1.54, 1.807) is 18.2 Å². The first-order valence-electron chi connectivity index (χ1n) is 9.20. The molecule has 0 radical (unpaired) electrons. The minimum atomic E-state index is -1.00. The van der Waals surface area contributed by atoms with Gasteiger partial charge in [0.1, 0.15) is 6.04 Å². The van der Waals surface area contributed by atoms with E-state index in [1.807, 2.05) is 4.90 Å². The van der Waals surface area contributed by atoms with Gasteiger partial charge in [0, 0.05) is 25.2 Å². The van der Waals surface area contributed by atoms with E-state index in [9.17, 15) is 29.1 Å². The van der Waals surface area contributed by atoms with Crippen LogP contribution < -0.4 is 10.2 Å². The Morgan fingerprint density at radius 3 is 2.54 bits per heavy atom. The second-order valence-corrected chi connectivity index (χ2v) is 7.30. The summed E-state index contributed by atoms with van der Waals surface area (Å²) >= 11 is 0. The number of fused-ring (bicyclic) bond motifs is 1. The summed E-state index contributed by atoms with van der Waals surface area (Å²) in [5.74, 6) is -3.50. The number of carbonyl (C=O) groups excluding carboxylic acids is 4. The maximum absolute atomic E-state index is 12.9. The Morgan fingerprint density at radius 1 is 1.07 bits per heavy atom. The molecular formula is C19H19N3O6. The molecule has 28 heavy (non-hydrogen) atoms. The van der Waals surface area contributed by atoms with Crippen LogP contribution in [-0.2, 0) is 14.4 Å². The van der Waals surface area contributed by atoms with Crippen molar-refractivity contribution in [3.8, 4) is 0 Å². The summed E-state index contributed by atoms with van der Waals surface area (Å²) in [5, 5.41) is 11.4. The number of anilines is 1. The zero-order valence-electron chi connectivity index (χ0n) is 15.0. The fourth-order valence-corrected chi connectivity index (χ4v) is 4.07. The summed E-state index contributed by atoms with van der Waals surface area (Å²) in [6.07, 6.45) is 1.51. The summed E-state index contributed by atoms with van der Waals surface area (Å²) in [6, 6.07) is 3.83. The van der Waals surface area contributed by atoms with Gasteiger partial charge in [0.05, 0.1) is 17.0 Å². The summed E-state index contributed by atoms with van der Waals surface area (Å²) in [4.78, 5) is 63.1. The average Bonchev–Trinajstić information content (AvgIpc) is 2.92. The van der Waals surface area contributed by atoms with Crippen molar-refractivity contribution in [3.05, 3.63) is 29.3 Å². The van der Waals surface area contributed by atoms with Crippen LogP contribution in [0.25, 0.3) is 0 Å². The highest BCUT2D eigenvalue weighted by Crippen LogP contribution is 2.32. The third-order valence-electron chi connectivity index (χ3n) is 5.56. The molecule has 0 spiro atoms. The Balaban J connectivity index is 1.60. The number of carboxylic acid groups (broad SMARTS) is 1. The van der Waals surface area contributed by atoms with Gasteiger partial charge in [0.25, 0.3) is 11.8 Å². The SMILES string of the molecule is O=C1CCC(N2C(=O)c3ccc(N4CCCC(C(=O)O)C4)cc3C2=O)C(=O)N1. The molecule has 9 nitrogen and oxygen atoms in total. The van der Waals surface area contributed by atoms with Gasteiger partial charge in [-0.25, -0.2) is 0 Å². The number of hydrogen-bond donors (Lipinski definition) is 2. The third-order valence-corrected chi connectivity index (χ3v) is 5.56. The maximum atomic E-state index is 12.9. The highest BCUT2D eigenvalue weighted by atomic mass is 16.4. The van der Waals surface area contributed by atoms with E-state index < -0.39 is 41.6 Å². The van der Waals surface area contributed by atoms with Crippen molar-refractivity contribution in [2.45, 2.75) is 31.7 Å². The first kappa shape index (κ1) is 18.1. The number of benzene rings is 1. The molecule has 3 heterocycles. The van der Waals surface area contributed by atoms with E-state index in [4.69, 9.17) is 0 Å². The molecule has 0 aliphatic carbocycles. The lowest BCUT2D eigenvalue weighted by molar-refractivity contribution is -0.142. The Morgan fingerprint density at radius 2 is 1.82 bits per heavy atom. The normalized spacial score (nSPS) is 25.0. The zero-order valence-corrected chi connectivity index (χ0v) is 15.0. The average molecular weight is 385 g/mol. The number of piperidine rings is 2. The lowest BCUT2D eigenvalue weighted by Crippen LogP contribution is -2.54. The summed E-state index contributed by atoms with van der Waals surface area (Å²) < 4.78 is 0. The molecule has 0 bridgehead atoms. The molecule has 1 aromatic carbocycles. The van der Waals surface area contributed by atoms with Gasteiger partial charge in [0.2, 0.25) is 11.8 Å². The third kappa shape index (κ3) is 2.92. The molecule has 2 atom stereocenters. The van der Waals surface area contributed by atoms with Crippen LogP contribution in [0.1, 0.15) is 46.4 Å². The van der Waals surface area contributed by atoms with Crippen LogP contribution in [0.3, 0.4) is 0 Å². The van der Waals surface area contributed by atoms with E-state index >= 15 is 0 Å². The molecule has 3 aliphatic rings. The van der Waals surface area contributed by atoms with Gasteiger partial charge in [-0.3, -0.25) is 34.2 Å². The molecule has 1 aromatic rings. The van der Waals surface area contributed by atoms with Crippen LogP contribution in [0.5, 0.6) is 0 Å². The Bertz CT molecular complexity index is 911. The van der Waals surface area contributed by atoms with E-state index in [1.165, 1.54) is 0 Å². The molecule has 4 amide bonds. The predicted octanol–water partition coefficient (Wildman–Crippen LogP) is 0.389. The predicted molar refractivity (Wildman–Crippen MR) is 95.7 cm³/mol. The van der Waals surface area contributed by atoms with Gasteiger partial charge in [-0.1, -0.05) is 0 Å². The van der Waals surface area contributed by atoms with Crippen molar-refractivity contribution in [2.75, 3.05) is 18.0 Å². The van der Waals surface area contributed by atoms with Crippen LogP contribution in [-0.4, -0.2) is 58.7 Å². The van der Waals surface area contributed by atoms with Crippen LogP contribution in [0.2, 0.25) is 0 Å². The van der Waals surface area contributed by atoms with E-state index in [-0.39, 0.29) is 24.0 Å². The summed E-state index contributed by atoms with van der Waals surface area (Å²) in [5.41, 5.74) is 1.09. The Labute approximate surface area is 160 Å². The van der Waals surface area contributed by atoms with Crippen molar-refractivity contribution >= 4 is 35.3 Å². The van der Waals surface area contributed by atoms with Crippen molar-refractivity contribution in [1.82, 2.24) is 10.2 Å². The van der Waals surface area contributed by atoms with Gasteiger partial charge >= 0.3 is 5.97 Å². The quantitative estimate of drug-likeness (QED) is 0.721. The standard InChI is InChI=1S/C19H19N3O6/c23-15-6-5-14(16(24)20-15)22-17(25)12-4-3-11(8-13(12)18(22)26)21-7-1-2-10(9-21)19(27)28/h3-4,8,10,14H,1-2,5-7,9H2,(H,27,28)(H,20,23,24). The fourth-order valence-electron chi connectivity index (χ4n) is 4.07. The number of imide groups is 2. The number of nitrogens with one attached hydrogen (secondary N) is 1. The van der Waals surface area contributed by atoms with E-state index in [2.05, 4.69) is 5.32 Å². The molecule has 2 N–H and O–H groups in total. The molecular weight excluding hydrogens is 366 g/mol. The summed E-state index contributed by atoms with van der Waals surface area (Å²) in [7, 11) is 0. The van der Waals surface area contributed by atoms with Crippen LogP contribution in [0.15, 0.2) is 18.2 Å². The molecule has 2 fully saturated rings. The van der Waals surface area contributed by atoms with Crippen molar-refractivity contribution in [2.24, 2.45) is 5.92 Å². The Hall–Kier alpha value is -3.23. The molecule has 0 saturated carbocycles. The smallest absolute Gasteiger partial charge is 0.308 e. The van der Waals surface area contributed by atoms with Gasteiger partial charge < -0.3 is 10.0 Å². The molecule has 3 aliphatic heterocycles. The number of nitrogens with zero attached hydrogens (tertiary/aromatic N) is 2. The lowest BCUT2D eigenvalue weighted by atomic mass is 9.97. The lowest BCUT2D eigenvalue weighted by Gasteiger charge is -2.32. The number of amides is 4. The zero-order chi connectivity index (χ0) is 20.0. The van der Waals surface area contributed by atoms with Gasteiger partial charge in [0.15, 0.2) is 0 Å². The number of hydrogen-bond acceptors (Lipinski definition) is 6. The van der Waals surface area contributed by atoms with Crippen LogP contribution in [0.4, 0.5) is 5.69 Å². The Kier molecular flexibility index (Phi) is 4.37. The van der Waals surface area contributed by atoms with Gasteiger partial charge in [-0.2, -0.15) is 0 Å². The molecule has 0 aromatic heterocycles. The fraction of sp³-hybridized carbons (Fsp3) is 0.421. The first-order valence-corrected chi connectivity index (χ1v) is 9.20. The van der Waals surface area contributed by atoms with Crippen LogP contribution >= 0.6 is 0 Å². The number of rotatable bonds is 3. The highest BCUT2D eigenvalue weighted by Gasteiger charge is 2.44. The molecule has 9 heteroatoms. The topological polar surface area (TPSA) is 124 Å². The van der Waals surface area contributed by atoms with Crippen LogP contribution in [0, 0.1) is 5.92 Å². The minimum absolute atomic E-state index is 0.0689. The first-order chi connectivity index (χ1) is 13.4. The monoisotopic (exact) mass is 385 g/mol. The van der Waals surface area contributed by atoms with E-state index in [0.717, 1.165) is 11.3 Å². The maximum Gasteiger partial charge on any atom is 0.308 e. The van der Waals surface area contributed by atoms with E-state index in [0.29, 0.717) is 25.2 Å². The molecule has 146 valence electrons. The molecule has 2 unspecified atom stereocenters. The number of carboxylic acids is 1. The second-order valence-electron chi connectivity index (χ2n) is 7.30. The minimum Gasteiger partial charge on any atom is -0.481 e. The largest absolute Gasteiger partial charge is 0.481 e.